The zero-order valence-corrected chi connectivity index (χ0v) is 19.9. The summed E-state index contributed by atoms with van der Waals surface area (Å²) in [6.45, 7) is 4.19. The second-order valence-corrected chi connectivity index (χ2v) is 8.62. The molecule has 0 saturated heterocycles. The molecule has 0 aliphatic rings. The summed E-state index contributed by atoms with van der Waals surface area (Å²) < 4.78 is 7.09. The lowest BCUT2D eigenvalue weighted by Gasteiger charge is -2.18. The van der Waals surface area contributed by atoms with E-state index in [1.807, 2.05) is 12.1 Å². The Hall–Kier alpha value is -1.46. The molecule has 6 nitrogen and oxygen atoms in total. The molecule has 3 heterocycles. The van der Waals surface area contributed by atoms with Crippen LogP contribution in [-0.4, -0.2) is 32.5 Å². The second-order valence-electron chi connectivity index (χ2n) is 5.86. The molecule has 9 heteroatoms. The Bertz CT molecular complexity index is 982. The van der Waals surface area contributed by atoms with Gasteiger partial charge in [0.2, 0.25) is 0 Å². The largest absolute Gasteiger partial charge is 0.465 e. The lowest BCUT2D eigenvalue weighted by molar-refractivity contribution is -0.143. The first-order valence-electron chi connectivity index (χ1n) is 8.78. The molecule has 0 bridgehead atoms. The number of carbonyl (C=O) groups excluding carboxylic acids is 1. The lowest BCUT2D eigenvalue weighted by Crippen LogP contribution is -2.21. The maximum Gasteiger partial charge on any atom is 0.320 e. The highest BCUT2D eigenvalue weighted by Gasteiger charge is 2.33. The fourth-order valence-corrected chi connectivity index (χ4v) is 4.89. The Kier molecular flexibility index (Phi) is 7.47. The molecule has 3 rings (SSSR count). The Morgan fingerprint density at radius 3 is 2.79 bits per heavy atom. The van der Waals surface area contributed by atoms with Gasteiger partial charge in [0, 0.05) is 16.2 Å². The van der Waals surface area contributed by atoms with Crippen LogP contribution in [0.1, 0.15) is 42.3 Å². The van der Waals surface area contributed by atoms with Crippen molar-refractivity contribution in [3.8, 4) is 11.4 Å². The smallest absolute Gasteiger partial charge is 0.320 e. The van der Waals surface area contributed by atoms with Crippen molar-refractivity contribution in [1.82, 2.24) is 19.9 Å². The van der Waals surface area contributed by atoms with Crippen molar-refractivity contribution >= 4 is 55.8 Å². The topological polar surface area (TPSA) is 77.9 Å². The van der Waals surface area contributed by atoms with Crippen LogP contribution in [0.2, 0.25) is 0 Å². The van der Waals surface area contributed by atoms with E-state index >= 15 is 0 Å². The lowest BCUT2D eigenvalue weighted by atomic mass is 9.95. The minimum absolute atomic E-state index is 0.294. The molecule has 0 spiro atoms. The number of hydrogen-bond acceptors (Lipinski definition) is 7. The number of rotatable bonds is 7. The molecule has 146 valence electrons. The first-order chi connectivity index (χ1) is 13.6. The summed E-state index contributed by atoms with van der Waals surface area (Å²) in [5.41, 5.74) is 4.73. The Balaban J connectivity index is 2.20. The van der Waals surface area contributed by atoms with E-state index in [2.05, 4.69) is 65.4 Å². The van der Waals surface area contributed by atoms with Crippen molar-refractivity contribution in [2.24, 2.45) is 0 Å². The second kappa shape index (κ2) is 9.84. The van der Waals surface area contributed by atoms with Crippen LogP contribution in [0.25, 0.3) is 11.4 Å². The Labute approximate surface area is 189 Å². The van der Waals surface area contributed by atoms with E-state index in [1.165, 1.54) is 17.7 Å². The number of nitrogens with zero attached hydrogens (tertiary/aromatic N) is 4. The number of thiazole rings is 1. The van der Waals surface area contributed by atoms with Crippen molar-refractivity contribution in [2.75, 3.05) is 6.61 Å². The molecule has 0 aromatic carbocycles. The quantitative estimate of drug-likeness (QED) is 0.225. The molecule has 0 saturated carbocycles. The highest BCUT2D eigenvalue weighted by molar-refractivity contribution is 14.1. The van der Waals surface area contributed by atoms with Gasteiger partial charge in [-0.2, -0.15) is 0 Å². The van der Waals surface area contributed by atoms with Crippen LogP contribution >= 0.6 is 49.9 Å². The Morgan fingerprint density at radius 2 is 2.07 bits per heavy atom. The van der Waals surface area contributed by atoms with Crippen LogP contribution in [-0.2, 0) is 16.0 Å². The van der Waals surface area contributed by atoms with Gasteiger partial charge in [-0.25, -0.2) is 15.0 Å². The molecule has 0 amide bonds. The van der Waals surface area contributed by atoms with Crippen molar-refractivity contribution in [3.05, 3.63) is 54.5 Å². The zero-order valence-electron chi connectivity index (χ0n) is 15.4. The van der Waals surface area contributed by atoms with Crippen LogP contribution in [0.4, 0.5) is 0 Å². The van der Waals surface area contributed by atoms with Gasteiger partial charge in [-0.15, -0.1) is 11.3 Å². The fourth-order valence-electron chi connectivity index (χ4n) is 2.90. The first-order valence-corrected chi connectivity index (χ1v) is 11.5. The molecule has 0 aliphatic carbocycles. The van der Waals surface area contributed by atoms with Gasteiger partial charge >= 0.3 is 5.97 Å². The van der Waals surface area contributed by atoms with Gasteiger partial charge in [0.1, 0.15) is 27.3 Å². The fraction of sp³-hybridized carbons (Fsp3) is 0.316. The summed E-state index contributed by atoms with van der Waals surface area (Å²) in [6.07, 6.45) is 4.91. The van der Waals surface area contributed by atoms with Crippen molar-refractivity contribution in [3.63, 3.8) is 0 Å². The number of esters is 1. The highest BCUT2D eigenvalue weighted by Crippen LogP contribution is 2.39. The van der Waals surface area contributed by atoms with Gasteiger partial charge in [0.15, 0.2) is 0 Å². The minimum Gasteiger partial charge on any atom is -0.465 e. The van der Waals surface area contributed by atoms with Gasteiger partial charge < -0.3 is 4.74 Å². The summed E-state index contributed by atoms with van der Waals surface area (Å²) in [5.74, 6) is -1.01. The van der Waals surface area contributed by atoms with E-state index in [-0.39, 0.29) is 5.97 Å². The molecule has 3 aromatic heterocycles. The van der Waals surface area contributed by atoms with Gasteiger partial charge in [0.05, 0.1) is 22.7 Å². The maximum atomic E-state index is 13.0. The summed E-state index contributed by atoms with van der Waals surface area (Å²) in [6, 6.07) is 3.75. The molecule has 1 unspecified atom stereocenters. The first kappa shape index (κ1) is 21.3. The SMILES string of the molecule is CCCc1c(I)ncnc1C(C(=O)OCC)c1scnc1-c1ncccc1Br. The predicted octanol–water partition coefficient (Wildman–Crippen LogP) is 5.01. The summed E-state index contributed by atoms with van der Waals surface area (Å²) >= 11 is 7.14. The van der Waals surface area contributed by atoms with Crippen molar-refractivity contribution < 1.29 is 9.53 Å². The van der Waals surface area contributed by atoms with Crippen LogP contribution in [0.15, 0.2) is 34.6 Å². The van der Waals surface area contributed by atoms with Gasteiger partial charge in [-0.05, 0) is 64.0 Å². The number of aromatic nitrogens is 4. The third-order valence-corrected chi connectivity index (χ3v) is 6.53. The molecule has 0 N–H and O–H groups in total. The Morgan fingerprint density at radius 1 is 1.25 bits per heavy atom. The van der Waals surface area contributed by atoms with Gasteiger partial charge in [0.25, 0.3) is 0 Å². The van der Waals surface area contributed by atoms with E-state index in [0.717, 1.165) is 31.5 Å². The van der Waals surface area contributed by atoms with E-state index < -0.39 is 5.92 Å². The maximum absolute atomic E-state index is 13.0. The number of pyridine rings is 1. The number of ether oxygens (including phenoxy) is 1. The minimum atomic E-state index is -0.672. The van der Waals surface area contributed by atoms with Crippen LogP contribution in [0.3, 0.4) is 0 Å². The molecule has 0 aliphatic heterocycles. The standard InChI is InChI=1S/C19H18BrIN4O2S/c1-3-6-11-14(23-9-24-18(11)21)13(19(26)27-4-2)17-16(25-10-28-17)15-12(20)7-5-8-22-15/h5,7-10,13H,3-4,6H2,1-2H3. The van der Waals surface area contributed by atoms with E-state index in [4.69, 9.17) is 4.74 Å². The number of hydrogen-bond donors (Lipinski definition) is 0. The molecule has 1 atom stereocenters. The van der Waals surface area contributed by atoms with Gasteiger partial charge in [-0.1, -0.05) is 13.3 Å². The van der Waals surface area contributed by atoms with E-state index in [9.17, 15) is 4.79 Å². The summed E-state index contributed by atoms with van der Waals surface area (Å²) in [4.78, 5) is 31.6. The monoisotopic (exact) mass is 572 g/mol. The summed E-state index contributed by atoms with van der Waals surface area (Å²) in [5, 5.41) is 0. The molecule has 3 aromatic rings. The molecule has 28 heavy (non-hydrogen) atoms. The van der Waals surface area contributed by atoms with E-state index in [1.54, 1.807) is 18.6 Å². The van der Waals surface area contributed by atoms with Crippen LogP contribution in [0, 0.1) is 3.70 Å². The normalized spacial score (nSPS) is 12.0. The third kappa shape index (κ3) is 4.41. The zero-order chi connectivity index (χ0) is 20.1. The van der Waals surface area contributed by atoms with Crippen molar-refractivity contribution in [2.45, 2.75) is 32.6 Å². The average molecular weight is 573 g/mol. The highest BCUT2D eigenvalue weighted by atomic mass is 127. The molecular weight excluding hydrogens is 555 g/mol. The average Bonchev–Trinajstić information content (AvgIpc) is 3.14. The molecular formula is C19H18BrIN4O2S. The molecule has 0 fully saturated rings. The van der Waals surface area contributed by atoms with Crippen molar-refractivity contribution in [1.29, 1.82) is 0 Å². The third-order valence-electron chi connectivity index (χ3n) is 4.06. The number of halogens is 2. The molecule has 0 radical (unpaired) electrons. The van der Waals surface area contributed by atoms with Crippen LogP contribution < -0.4 is 0 Å². The van der Waals surface area contributed by atoms with Crippen LogP contribution in [0.5, 0.6) is 0 Å². The van der Waals surface area contributed by atoms with E-state index in [0.29, 0.717) is 23.7 Å². The van der Waals surface area contributed by atoms with Gasteiger partial charge in [-0.3, -0.25) is 9.78 Å². The predicted molar refractivity (Wildman–Crippen MR) is 120 cm³/mol. The number of carbonyl (C=O) groups is 1. The summed E-state index contributed by atoms with van der Waals surface area (Å²) in [7, 11) is 0.